The SMILES string of the molecule is CCOc1ccc(C=C(O)[C@H](O)[C@@H](O)[C@H](O)[C@H](O)CO)cc1. The lowest BCUT2D eigenvalue weighted by Gasteiger charge is -2.25. The number of rotatable bonds is 8. The molecule has 7 nitrogen and oxygen atoms in total. The van der Waals surface area contributed by atoms with Crippen molar-refractivity contribution in [2.75, 3.05) is 13.2 Å². The van der Waals surface area contributed by atoms with Gasteiger partial charge in [-0.3, -0.25) is 0 Å². The lowest BCUT2D eigenvalue weighted by atomic mass is 10.0. The van der Waals surface area contributed by atoms with Crippen molar-refractivity contribution in [2.45, 2.75) is 31.3 Å². The van der Waals surface area contributed by atoms with Gasteiger partial charge in [0.1, 0.15) is 35.9 Å². The third-order valence-electron chi connectivity index (χ3n) is 3.06. The topological polar surface area (TPSA) is 131 Å². The van der Waals surface area contributed by atoms with Gasteiger partial charge in [-0.05, 0) is 30.7 Å². The zero-order valence-electron chi connectivity index (χ0n) is 12.2. The van der Waals surface area contributed by atoms with Gasteiger partial charge in [0.05, 0.1) is 13.2 Å². The summed E-state index contributed by atoms with van der Waals surface area (Å²) in [6, 6.07) is 6.63. The molecule has 0 aliphatic carbocycles. The van der Waals surface area contributed by atoms with Crippen LogP contribution in [0.4, 0.5) is 0 Å². The summed E-state index contributed by atoms with van der Waals surface area (Å²) in [6.07, 6.45) is -5.86. The van der Waals surface area contributed by atoms with Gasteiger partial charge in [0, 0.05) is 0 Å². The molecule has 0 heterocycles. The Hall–Kier alpha value is -1.64. The van der Waals surface area contributed by atoms with Crippen LogP contribution in [0.15, 0.2) is 30.0 Å². The summed E-state index contributed by atoms with van der Waals surface area (Å²) >= 11 is 0. The summed E-state index contributed by atoms with van der Waals surface area (Å²) < 4.78 is 5.26. The Morgan fingerprint density at radius 3 is 2.18 bits per heavy atom. The number of benzene rings is 1. The average molecular weight is 314 g/mol. The van der Waals surface area contributed by atoms with Crippen LogP contribution in [0.2, 0.25) is 0 Å². The molecule has 4 atom stereocenters. The van der Waals surface area contributed by atoms with Gasteiger partial charge in [0.15, 0.2) is 0 Å². The normalized spacial score (nSPS) is 17.6. The van der Waals surface area contributed by atoms with Crippen molar-refractivity contribution < 1.29 is 35.4 Å². The largest absolute Gasteiger partial charge is 0.509 e. The van der Waals surface area contributed by atoms with Crippen molar-refractivity contribution in [1.29, 1.82) is 0 Å². The monoisotopic (exact) mass is 314 g/mol. The summed E-state index contributed by atoms with van der Waals surface area (Å²) in [7, 11) is 0. The highest BCUT2D eigenvalue weighted by Gasteiger charge is 2.32. The minimum absolute atomic E-state index is 0.524. The van der Waals surface area contributed by atoms with E-state index < -0.39 is 36.8 Å². The Balaban J connectivity index is 2.78. The third-order valence-corrected chi connectivity index (χ3v) is 3.06. The van der Waals surface area contributed by atoms with Gasteiger partial charge >= 0.3 is 0 Å². The first kappa shape index (κ1) is 18.4. The number of hydrogen-bond donors (Lipinski definition) is 6. The Morgan fingerprint density at radius 2 is 1.68 bits per heavy atom. The van der Waals surface area contributed by atoms with Crippen LogP contribution in [-0.4, -0.2) is 68.3 Å². The molecule has 0 radical (unpaired) electrons. The first-order chi connectivity index (χ1) is 10.4. The lowest BCUT2D eigenvalue weighted by Crippen LogP contribution is -2.46. The zero-order valence-corrected chi connectivity index (χ0v) is 12.2. The molecule has 124 valence electrons. The Labute approximate surface area is 128 Å². The number of aliphatic hydroxyl groups excluding tert-OH is 6. The third kappa shape index (κ3) is 4.97. The summed E-state index contributed by atoms with van der Waals surface area (Å²) in [4.78, 5) is 0. The van der Waals surface area contributed by atoms with Crippen LogP contribution in [-0.2, 0) is 0 Å². The van der Waals surface area contributed by atoms with Crippen LogP contribution in [0.1, 0.15) is 12.5 Å². The molecule has 0 aliphatic rings. The van der Waals surface area contributed by atoms with Gasteiger partial charge in [0.2, 0.25) is 0 Å². The van der Waals surface area contributed by atoms with Crippen LogP contribution < -0.4 is 4.74 Å². The smallest absolute Gasteiger partial charge is 0.139 e. The van der Waals surface area contributed by atoms with Gasteiger partial charge in [-0.25, -0.2) is 0 Å². The van der Waals surface area contributed by atoms with Crippen LogP contribution >= 0.6 is 0 Å². The quantitative estimate of drug-likeness (QED) is 0.354. The molecule has 0 amide bonds. The Morgan fingerprint density at radius 1 is 1.09 bits per heavy atom. The molecule has 0 bridgehead atoms. The van der Waals surface area contributed by atoms with Crippen LogP contribution in [0.3, 0.4) is 0 Å². The van der Waals surface area contributed by atoms with E-state index in [9.17, 15) is 25.5 Å². The summed E-state index contributed by atoms with van der Waals surface area (Å²) in [5.41, 5.74) is 0.546. The van der Waals surface area contributed by atoms with E-state index in [1.807, 2.05) is 6.92 Å². The fourth-order valence-electron chi connectivity index (χ4n) is 1.78. The van der Waals surface area contributed by atoms with E-state index >= 15 is 0 Å². The summed E-state index contributed by atoms with van der Waals surface area (Å²) in [6.45, 7) is 1.59. The molecule has 0 unspecified atom stereocenters. The predicted molar refractivity (Wildman–Crippen MR) is 79.3 cm³/mol. The van der Waals surface area contributed by atoms with E-state index in [2.05, 4.69) is 0 Å². The first-order valence-electron chi connectivity index (χ1n) is 6.87. The summed E-state index contributed by atoms with van der Waals surface area (Å²) in [5.74, 6) is 0.0714. The molecule has 7 heteroatoms. The minimum Gasteiger partial charge on any atom is -0.509 e. The molecule has 1 rings (SSSR count). The number of ether oxygens (including phenoxy) is 1. The van der Waals surface area contributed by atoms with Crippen LogP contribution in [0, 0.1) is 0 Å². The predicted octanol–water partition coefficient (Wildman–Crippen LogP) is -0.580. The van der Waals surface area contributed by atoms with Crippen molar-refractivity contribution >= 4 is 6.08 Å². The molecular weight excluding hydrogens is 292 g/mol. The molecule has 1 aromatic rings. The van der Waals surface area contributed by atoms with Gasteiger partial charge in [-0.15, -0.1) is 0 Å². The van der Waals surface area contributed by atoms with Crippen LogP contribution in [0.5, 0.6) is 5.75 Å². The fraction of sp³-hybridized carbons (Fsp3) is 0.467. The maximum absolute atomic E-state index is 9.78. The molecule has 0 fully saturated rings. The molecule has 0 saturated carbocycles. The van der Waals surface area contributed by atoms with Crippen molar-refractivity contribution in [1.82, 2.24) is 0 Å². The molecule has 6 N–H and O–H groups in total. The van der Waals surface area contributed by atoms with E-state index in [1.165, 1.54) is 6.08 Å². The highest BCUT2D eigenvalue weighted by Crippen LogP contribution is 2.17. The van der Waals surface area contributed by atoms with Gasteiger partial charge in [-0.2, -0.15) is 0 Å². The standard InChI is InChI=1S/C15H22O7/c1-2-22-10-5-3-9(4-6-10)7-11(17)13(19)15(21)14(20)12(18)8-16/h3-7,12-21H,2,8H2,1H3/t12-,13+,14-,15-/m1/s1. The van der Waals surface area contributed by atoms with Gasteiger partial charge in [0.25, 0.3) is 0 Å². The Bertz CT molecular complexity index is 471. The van der Waals surface area contributed by atoms with Crippen molar-refractivity contribution in [2.24, 2.45) is 0 Å². The maximum Gasteiger partial charge on any atom is 0.139 e. The van der Waals surface area contributed by atoms with Crippen LogP contribution in [0.25, 0.3) is 6.08 Å². The highest BCUT2D eigenvalue weighted by atomic mass is 16.5. The fourth-order valence-corrected chi connectivity index (χ4v) is 1.78. The van der Waals surface area contributed by atoms with Gasteiger partial charge in [-0.1, -0.05) is 12.1 Å². The molecular formula is C15H22O7. The second-order valence-corrected chi connectivity index (χ2v) is 4.75. The number of aliphatic hydroxyl groups is 6. The molecule has 1 aromatic carbocycles. The molecule has 0 spiro atoms. The van der Waals surface area contributed by atoms with E-state index in [0.717, 1.165) is 0 Å². The second-order valence-electron chi connectivity index (χ2n) is 4.75. The first-order valence-corrected chi connectivity index (χ1v) is 6.87. The van der Waals surface area contributed by atoms with Gasteiger partial charge < -0.3 is 35.4 Å². The second kappa shape index (κ2) is 8.72. The lowest BCUT2D eigenvalue weighted by molar-refractivity contribution is -0.112. The molecule has 22 heavy (non-hydrogen) atoms. The van der Waals surface area contributed by atoms with E-state index in [4.69, 9.17) is 9.84 Å². The minimum atomic E-state index is -1.85. The highest BCUT2D eigenvalue weighted by molar-refractivity contribution is 5.53. The summed E-state index contributed by atoms with van der Waals surface area (Å²) in [5, 5.41) is 56.6. The zero-order chi connectivity index (χ0) is 16.7. The van der Waals surface area contributed by atoms with E-state index in [1.54, 1.807) is 24.3 Å². The Kier molecular flexibility index (Phi) is 7.30. The number of hydrogen-bond acceptors (Lipinski definition) is 7. The van der Waals surface area contributed by atoms with E-state index in [-0.39, 0.29) is 0 Å². The molecule has 0 aliphatic heterocycles. The van der Waals surface area contributed by atoms with Crippen molar-refractivity contribution in [3.05, 3.63) is 35.6 Å². The maximum atomic E-state index is 9.78. The van der Waals surface area contributed by atoms with Crippen molar-refractivity contribution in [3.63, 3.8) is 0 Å². The van der Waals surface area contributed by atoms with E-state index in [0.29, 0.717) is 17.9 Å². The molecule has 0 aromatic heterocycles. The molecule has 0 saturated heterocycles. The average Bonchev–Trinajstić information content (AvgIpc) is 2.53. The van der Waals surface area contributed by atoms with Crippen molar-refractivity contribution in [3.8, 4) is 5.75 Å².